The third-order valence-electron chi connectivity index (χ3n) is 4.83. The van der Waals surface area contributed by atoms with Gasteiger partial charge in [-0.05, 0) is 19.3 Å². The van der Waals surface area contributed by atoms with Crippen LogP contribution in [0.4, 0.5) is 0 Å². The summed E-state index contributed by atoms with van der Waals surface area (Å²) in [5.41, 5.74) is -0.143. The number of hydrogen-bond acceptors (Lipinski definition) is 7. The molecular weight excluding hydrogens is 396 g/mol. The van der Waals surface area contributed by atoms with Crippen LogP contribution in [0.25, 0.3) is 0 Å². The van der Waals surface area contributed by atoms with E-state index in [9.17, 15) is 19.5 Å². The summed E-state index contributed by atoms with van der Waals surface area (Å²) in [4.78, 5) is 35.9. The average Bonchev–Trinajstić information content (AvgIpc) is 2.97. The van der Waals surface area contributed by atoms with Crippen molar-refractivity contribution < 1.29 is 38.8 Å². The van der Waals surface area contributed by atoms with Crippen molar-refractivity contribution in [2.45, 2.75) is 83.3 Å². The molecule has 0 radical (unpaired) electrons. The average molecular weight is 428 g/mol. The minimum Gasteiger partial charge on any atom is -0.480 e. The van der Waals surface area contributed by atoms with E-state index in [1.165, 1.54) is 7.11 Å². The van der Waals surface area contributed by atoms with Gasteiger partial charge in [0.1, 0.15) is 30.4 Å². The number of amides is 2. The predicted molar refractivity (Wildman–Crippen MR) is 105 cm³/mol. The molecular formula is C20H32N2O8. The van der Waals surface area contributed by atoms with Crippen molar-refractivity contribution in [3.63, 3.8) is 0 Å². The van der Waals surface area contributed by atoms with E-state index < -0.39 is 60.1 Å². The predicted octanol–water partition coefficient (Wildman–Crippen LogP) is -0.0574. The van der Waals surface area contributed by atoms with E-state index in [-0.39, 0.29) is 11.8 Å². The Labute approximate surface area is 175 Å². The Kier molecular flexibility index (Phi) is 7.28. The fourth-order valence-corrected chi connectivity index (χ4v) is 3.39. The lowest BCUT2D eigenvalue weighted by molar-refractivity contribution is -0.334. The van der Waals surface area contributed by atoms with E-state index in [4.69, 9.17) is 19.3 Å². The highest BCUT2D eigenvalue weighted by molar-refractivity contribution is 5.94. The molecule has 30 heavy (non-hydrogen) atoms. The fourth-order valence-electron chi connectivity index (χ4n) is 3.39. The van der Waals surface area contributed by atoms with E-state index in [0.717, 1.165) is 0 Å². The first kappa shape index (κ1) is 24.3. The minimum atomic E-state index is -1.25. The van der Waals surface area contributed by atoms with Crippen molar-refractivity contribution >= 4 is 17.8 Å². The summed E-state index contributed by atoms with van der Waals surface area (Å²) in [6, 6.07) is -2.09. The maximum atomic E-state index is 12.8. The van der Waals surface area contributed by atoms with Crippen molar-refractivity contribution in [2.75, 3.05) is 7.11 Å². The summed E-state index contributed by atoms with van der Waals surface area (Å²) in [5, 5.41) is 24.7. The molecule has 0 aromatic heterocycles. The number of ether oxygens (including phenoxy) is 3. The highest BCUT2D eigenvalue weighted by atomic mass is 16.7. The summed E-state index contributed by atoms with van der Waals surface area (Å²) in [5.74, 6) is -3.57. The van der Waals surface area contributed by atoms with Gasteiger partial charge in [-0.15, -0.1) is 0 Å². The first-order valence-electron chi connectivity index (χ1n) is 9.83. The molecule has 2 fully saturated rings. The Morgan fingerprint density at radius 2 is 1.97 bits per heavy atom. The van der Waals surface area contributed by atoms with Crippen LogP contribution in [0.2, 0.25) is 0 Å². The molecule has 2 aliphatic rings. The molecule has 3 unspecified atom stereocenters. The molecule has 0 aromatic rings. The topological polar surface area (TPSA) is 143 Å². The largest absolute Gasteiger partial charge is 0.480 e. The molecule has 0 aliphatic carbocycles. The number of allylic oxidation sites excluding steroid dienone is 1. The number of carboxylic acids is 1. The van der Waals surface area contributed by atoms with Crippen LogP contribution in [0.1, 0.15) is 41.0 Å². The number of carbonyl (C=O) groups excluding carboxylic acids is 2. The van der Waals surface area contributed by atoms with Crippen LogP contribution in [-0.4, -0.2) is 77.4 Å². The molecule has 0 aromatic carbocycles. The first-order chi connectivity index (χ1) is 13.7. The molecule has 2 saturated heterocycles. The number of aliphatic hydroxyl groups excluding tert-OH is 1. The number of methoxy groups -OCH3 is 1. The molecule has 0 spiro atoms. The van der Waals surface area contributed by atoms with Crippen LogP contribution >= 0.6 is 0 Å². The monoisotopic (exact) mass is 428 g/mol. The third-order valence-corrected chi connectivity index (χ3v) is 4.83. The zero-order chi connectivity index (χ0) is 22.9. The lowest BCUT2D eigenvalue weighted by atomic mass is 9.93. The molecule has 4 N–H and O–H groups in total. The summed E-state index contributed by atoms with van der Waals surface area (Å²) in [6.45, 7) is 9.33. The van der Waals surface area contributed by atoms with Gasteiger partial charge >= 0.3 is 5.97 Å². The minimum absolute atomic E-state index is 0.0873. The van der Waals surface area contributed by atoms with Crippen LogP contribution in [0.5, 0.6) is 0 Å². The van der Waals surface area contributed by atoms with Gasteiger partial charge in [0.25, 0.3) is 5.91 Å². The first-order valence-corrected chi connectivity index (χ1v) is 9.83. The lowest BCUT2D eigenvalue weighted by Crippen LogP contribution is -2.61. The van der Waals surface area contributed by atoms with Gasteiger partial charge in [0.15, 0.2) is 11.9 Å². The molecule has 10 heteroatoms. The van der Waals surface area contributed by atoms with Crippen LogP contribution in [0.3, 0.4) is 0 Å². The highest BCUT2D eigenvalue weighted by Gasteiger charge is 2.48. The maximum Gasteiger partial charge on any atom is 0.326 e. The second-order valence-corrected chi connectivity index (χ2v) is 9.13. The van der Waals surface area contributed by atoms with Gasteiger partial charge in [-0.2, -0.15) is 0 Å². The van der Waals surface area contributed by atoms with Crippen molar-refractivity contribution in [3.8, 4) is 0 Å². The van der Waals surface area contributed by atoms with E-state index >= 15 is 0 Å². The van der Waals surface area contributed by atoms with Gasteiger partial charge in [0, 0.05) is 13.5 Å². The number of carboxylic acid groups (broad SMARTS) is 1. The zero-order valence-corrected chi connectivity index (χ0v) is 18.2. The van der Waals surface area contributed by atoms with Gasteiger partial charge in [-0.3, -0.25) is 9.59 Å². The third kappa shape index (κ3) is 6.00. The van der Waals surface area contributed by atoms with Crippen LogP contribution in [-0.2, 0) is 28.6 Å². The number of aliphatic carboxylic acids is 1. The summed E-state index contributed by atoms with van der Waals surface area (Å²) in [6.07, 6.45) is -0.731. The molecule has 170 valence electrons. The standard InChI is InChI=1S/C20H32N2O8/c1-19(2,3)8-7-12-13(23)14(30-20(4,5)29-12)15(28-6)17(25)21-10-9-11(18(26)27)22-16(10)24/h7-8,10-15,23H,9H2,1-6H3,(H,21,25)(H,22,24)(H,26,27)/t10?,11?,12-,13+,14-,15?/m1/s1. The summed E-state index contributed by atoms with van der Waals surface area (Å²) >= 11 is 0. The molecule has 10 nitrogen and oxygen atoms in total. The van der Waals surface area contributed by atoms with E-state index in [0.29, 0.717) is 0 Å². The number of nitrogens with one attached hydrogen (secondary N) is 2. The molecule has 2 rings (SSSR count). The van der Waals surface area contributed by atoms with Gasteiger partial charge in [-0.25, -0.2) is 4.79 Å². The van der Waals surface area contributed by atoms with E-state index in [1.807, 2.05) is 26.8 Å². The zero-order valence-electron chi connectivity index (χ0n) is 18.2. The second-order valence-electron chi connectivity index (χ2n) is 9.13. The number of hydrogen-bond donors (Lipinski definition) is 4. The Morgan fingerprint density at radius 3 is 2.47 bits per heavy atom. The lowest BCUT2D eigenvalue weighted by Gasteiger charge is -2.45. The van der Waals surface area contributed by atoms with Gasteiger partial charge in [0.2, 0.25) is 5.91 Å². The highest BCUT2D eigenvalue weighted by Crippen LogP contribution is 2.31. The molecule has 0 bridgehead atoms. The normalized spacial score (nSPS) is 32.6. The Morgan fingerprint density at radius 1 is 1.33 bits per heavy atom. The molecule has 6 atom stereocenters. The molecule has 0 saturated carbocycles. The van der Waals surface area contributed by atoms with Crippen LogP contribution in [0, 0.1) is 5.41 Å². The molecule has 2 heterocycles. The number of carbonyl (C=O) groups is 3. The number of rotatable bonds is 6. The van der Waals surface area contributed by atoms with E-state index in [1.54, 1.807) is 19.9 Å². The molecule has 2 amide bonds. The Hall–Kier alpha value is -2.01. The fraction of sp³-hybridized carbons (Fsp3) is 0.750. The van der Waals surface area contributed by atoms with Crippen LogP contribution < -0.4 is 10.6 Å². The quantitative estimate of drug-likeness (QED) is 0.431. The summed E-state index contributed by atoms with van der Waals surface area (Å²) in [7, 11) is 1.29. The second kappa shape index (κ2) is 9.01. The smallest absolute Gasteiger partial charge is 0.326 e. The van der Waals surface area contributed by atoms with Crippen molar-refractivity contribution in [3.05, 3.63) is 12.2 Å². The van der Waals surface area contributed by atoms with Crippen molar-refractivity contribution in [1.29, 1.82) is 0 Å². The SMILES string of the molecule is COC(C(=O)NC1CC(C(=O)O)NC1=O)[C@@H]1OC(C)(C)O[C@H](C=CC(C)(C)C)[C@@H]1O. The van der Waals surface area contributed by atoms with E-state index in [2.05, 4.69) is 10.6 Å². The Bertz CT molecular complexity index is 699. The van der Waals surface area contributed by atoms with Gasteiger partial charge < -0.3 is 35.1 Å². The van der Waals surface area contributed by atoms with Gasteiger partial charge in [-0.1, -0.05) is 32.9 Å². The summed E-state index contributed by atoms with van der Waals surface area (Å²) < 4.78 is 16.9. The maximum absolute atomic E-state index is 12.8. The van der Waals surface area contributed by atoms with Gasteiger partial charge in [0.05, 0.1) is 0 Å². The molecule has 2 aliphatic heterocycles. The van der Waals surface area contributed by atoms with Crippen molar-refractivity contribution in [1.82, 2.24) is 10.6 Å². The number of aliphatic hydroxyl groups is 1. The van der Waals surface area contributed by atoms with Crippen LogP contribution in [0.15, 0.2) is 12.2 Å². The van der Waals surface area contributed by atoms with Crippen molar-refractivity contribution in [2.24, 2.45) is 5.41 Å². The Balaban J connectivity index is 2.16.